The summed E-state index contributed by atoms with van der Waals surface area (Å²) in [6.45, 7) is 10.8. The summed E-state index contributed by atoms with van der Waals surface area (Å²) in [5.74, 6) is 1.06. The number of carbonyl (C=O) groups is 1. The van der Waals surface area contributed by atoms with Gasteiger partial charge in [-0.15, -0.1) is 10.2 Å². The highest BCUT2D eigenvalue weighted by Gasteiger charge is 2.48. The Kier molecular flexibility index (Phi) is 6.98. The summed E-state index contributed by atoms with van der Waals surface area (Å²) < 4.78 is 11.3. The Labute approximate surface area is 199 Å². The molecule has 1 aromatic heterocycles. The largest absolute Gasteiger partial charge is 0.447 e. The highest BCUT2D eigenvalue weighted by molar-refractivity contribution is 6.30. The lowest BCUT2D eigenvalue weighted by atomic mass is 9.99. The monoisotopic (exact) mass is 476 g/mol. The van der Waals surface area contributed by atoms with Gasteiger partial charge in [0.05, 0.1) is 24.5 Å². The van der Waals surface area contributed by atoms with Crippen molar-refractivity contribution in [3.8, 4) is 0 Å². The molecule has 1 N–H and O–H groups in total. The zero-order valence-corrected chi connectivity index (χ0v) is 20.6. The van der Waals surface area contributed by atoms with Crippen molar-refractivity contribution in [1.82, 2.24) is 20.0 Å². The third-order valence-electron chi connectivity index (χ3n) is 6.68. The maximum absolute atomic E-state index is 12.3. The lowest BCUT2D eigenvalue weighted by molar-refractivity contribution is 0.0349. The van der Waals surface area contributed by atoms with Crippen LogP contribution in [0.15, 0.2) is 16.5 Å². The second-order valence-corrected chi connectivity index (χ2v) is 10.1. The minimum atomic E-state index is -0.333. The van der Waals surface area contributed by atoms with E-state index in [2.05, 4.69) is 28.9 Å². The van der Waals surface area contributed by atoms with E-state index in [9.17, 15) is 9.90 Å². The van der Waals surface area contributed by atoms with Crippen molar-refractivity contribution in [2.45, 2.75) is 71.1 Å². The summed E-state index contributed by atoms with van der Waals surface area (Å²) in [6, 6.07) is 4.03. The van der Waals surface area contributed by atoms with Crippen LogP contribution in [0.4, 0.5) is 4.79 Å². The quantitative estimate of drug-likeness (QED) is 0.651. The number of amides is 1. The van der Waals surface area contributed by atoms with Gasteiger partial charge in [0.1, 0.15) is 0 Å². The highest BCUT2D eigenvalue weighted by atomic mass is 35.5. The molecule has 1 amide bonds. The highest BCUT2D eigenvalue weighted by Crippen LogP contribution is 2.47. The van der Waals surface area contributed by atoms with E-state index in [4.69, 9.17) is 20.8 Å². The molecule has 1 saturated carbocycles. The third-order valence-corrected chi connectivity index (χ3v) is 6.90. The molecule has 4 rings (SSSR count). The van der Waals surface area contributed by atoms with Crippen LogP contribution in [0.5, 0.6) is 0 Å². The fourth-order valence-electron chi connectivity index (χ4n) is 4.40. The molecule has 2 aromatic rings. The molecule has 1 aromatic carbocycles. The summed E-state index contributed by atoms with van der Waals surface area (Å²) >= 11 is 6.47. The molecule has 2 fully saturated rings. The van der Waals surface area contributed by atoms with Crippen LogP contribution in [0, 0.1) is 6.92 Å². The minimum absolute atomic E-state index is 0.0376. The molecule has 8 nitrogen and oxygen atoms in total. The lowest BCUT2D eigenvalue weighted by Crippen LogP contribution is -2.54. The molecule has 1 saturated heterocycles. The molecule has 1 aliphatic carbocycles. The number of aromatic nitrogens is 2. The SMILES string of the molecule is Cc1c(Cc2nnc(C3(CO)CC3)o2)cc(Cl)cc1CN1CCN(C(=O)OC(C)C)[C@@H](C)C1. The van der Waals surface area contributed by atoms with Crippen molar-refractivity contribution in [1.29, 1.82) is 0 Å². The van der Waals surface area contributed by atoms with Crippen LogP contribution in [-0.2, 0) is 23.1 Å². The van der Waals surface area contributed by atoms with Crippen molar-refractivity contribution < 1.29 is 19.1 Å². The van der Waals surface area contributed by atoms with E-state index in [1.165, 1.54) is 0 Å². The topological polar surface area (TPSA) is 91.9 Å². The molecular weight excluding hydrogens is 444 g/mol. The number of carbonyl (C=O) groups excluding carboxylic acids is 1. The molecule has 180 valence electrons. The lowest BCUT2D eigenvalue weighted by Gasteiger charge is -2.39. The van der Waals surface area contributed by atoms with Gasteiger partial charge < -0.3 is 19.2 Å². The van der Waals surface area contributed by atoms with Crippen molar-refractivity contribution >= 4 is 17.7 Å². The Morgan fingerprint density at radius 2 is 2.03 bits per heavy atom. The van der Waals surface area contributed by atoms with Crippen molar-refractivity contribution in [2.24, 2.45) is 0 Å². The predicted molar refractivity (Wildman–Crippen MR) is 124 cm³/mol. The third kappa shape index (κ3) is 5.34. The van der Waals surface area contributed by atoms with E-state index in [0.717, 1.165) is 49.2 Å². The van der Waals surface area contributed by atoms with Gasteiger partial charge in [-0.1, -0.05) is 11.6 Å². The number of rotatable bonds is 7. The number of benzene rings is 1. The number of piperazine rings is 1. The molecule has 9 heteroatoms. The van der Waals surface area contributed by atoms with Gasteiger partial charge in [-0.25, -0.2) is 4.79 Å². The van der Waals surface area contributed by atoms with E-state index in [0.29, 0.717) is 29.8 Å². The van der Waals surface area contributed by atoms with E-state index in [1.807, 2.05) is 26.0 Å². The van der Waals surface area contributed by atoms with Crippen LogP contribution in [0.3, 0.4) is 0 Å². The summed E-state index contributed by atoms with van der Waals surface area (Å²) in [5.41, 5.74) is 3.02. The second kappa shape index (κ2) is 9.60. The van der Waals surface area contributed by atoms with Crippen molar-refractivity contribution in [2.75, 3.05) is 26.2 Å². The van der Waals surface area contributed by atoms with E-state index in [-0.39, 0.29) is 30.3 Å². The Morgan fingerprint density at radius 1 is 1.30 bits per heavy atom. The molecule has 0 spiro atoms. The first kappa shape index (κ1) is 24.0. The van der Waals surface area contributed by atoms with Gasteiger partial charge in [0.25, 0.3) is 0 Å². The maximum atomic E-state index is 12.3. The number of ether oxygens (including phenoxy) is 1. The van der Waals surface area contributed by atoms with Gasteiger partial charge in [0, 0.05) is 37.2 Å². The van der Waals surface area contributed by atoms with Gasteiger partial charge in [0.15, 0.2) is 0 Å². The fraction of sp³-hybridized carbons (Fsp3) is 0.625. The van der Waals surface area contributed by atoms with E-state index in [1.54, 1.807) is 4.90 Å². The zero-order valence-electron chi connectivity index (χ0n) is 19.8. The van der Waals surface area contributed by atoms with Crippen LogP contribution >= 0.6 is 11.6 Å². The van der Waals surface area contributed by atoms with Crippen molar-refractivity contribution in [3.05, 3.63) is 45.6 Å². The average Bonchev–Trinajstić information content (AvgIpc) is 3.41. The summed E-state index contributed by atoms with van der Waals surface area (Å²) in [5, 5.41) is 18.7. The number of hydrogen-bond acceptors (Lipinski definition) is 7. The maximum Gasteiger partial charge on any atom is 0.410 e. The van der Waals surface area contributed by atoms with Gasteiger partial charge >= 0.3 is 6.09 Å². The molecule has 1 atom stereocenters. The zero-order chi connectivity index (χ0) is 23.8. The van der Waals surface area contributed by atoms with Gasteiger partial charge in [-0.3, -0.25) is 4.90 Å². The van der Waals surface area contributed by atoms with Crippen LogP contribution in [-0.4, -0.2) is 69.6 Å². The van der Waals surface area contributed by atoms with Crippen molar-refractivity contribution in [3.63, 3.8) is 0 Å². The smallest absolute Gasteiger partial charge is 0.410 e. The van der Waals surface area contributed by atoms with E-state index >= 15 is 0 Å². The van der Waals surface area contributed by atoms with Crippen LogP contribution in [0.1, 0.15) is 62.1 Å². The fourth-order valence-corrected chi connectivity index (χ4v) is 4.66. The molecular formula is C24H33ClN4O4. The minimum Gasteiger partial charge on any atom is -0.447 e. The molecule has 0 bridgehead atoms. The summed E-state index contributed by atoms with van der Waals surface area (Å²) in [4.78, 5) is 16.5. The molecule has 2 aliphatic rings. The number of aliphatic hydroxyl groups is 1. The second-order valence-electron chi connectivity index (χ2n) is 9.68. The number of halogens is 1. The molecule has 33 heavy (non-hydrogen) atoms. The molecule has 1 aliphatic heterocycles. The normalized spacial score (nSPS) is 20.3. The summed E-state index contributed by atoms with van der Waals surface area (Å²) in [7, 11) is 0. The average molecular weight is 477 g/mol. The Bertz CT molecular complexity index is 1000. The number of nitrogens with zero attached hydrogens (tertiary/aromatic N) is 4. The molecule has 2 heterocycles. The molecule has 0 radical (unpaired) electrons. The van der Waals surface area contributed by atoms with Crippen LogP contribution < -0.4 is 0 Å². The van der Waals surface area contributed by atoms with Gasteiger partial charge in [0.2, 0.25) is 11.8 Å². The Morgan fingerprint density at radius 3 is 2.67 bits per heavy atom. The molecule has 0 unspecified atom stereocenters. The van der Waals surface area contributed by atoms with E-state index < -0.39 is 0 Å². The van der Waals surface area contributed by atoms with Crippen LogP contribution in [0.2, 0.25) is 5.02 Å². The first-order valence-corrected chi connectivity index (χ1v) is 12.0. The summed E-state index contributed by atoms with van der Waals surface area (Å²) in [6.07, 6.45) is 1.90. The Balaban J connectivity index is 1.43. The predicted octanol–water partition coefficient (Wildman–Crippen LogP) is 3.70. The standard InChI is InChI=1S/C24H33ClN4O4/c1-15(2)32-23(31)29-8-7-28(12-16(29)3)13-19-10-20(25)9-18(17(19)4)11-21-26-27-22(33-21)24(14-30)5-6-24/h9-10,15-16,30H,5-8,11-14H2,1-4H3/t16-/m0/s1. The van der Waals surface area contributed by atoms with Gasteiger partial charge in [-0.2, -0.15) is 0 Å². The number of aliphatic hydroxyl groups excluding tert-OH is 1. The van der Waals surface area contributed by atoms with Crippen LogP contribution in [0.25, 0.3) is 0 Å². The first-order valence-electron chi connectivity index (χ1n) is 11.6. The number of hydrogen-bond donors (Lipinski definition) is 1. The van der Waals surface area contributed by atoms with Gasteiger partial charge in [-0.05, 0) is 69.4 Å². The Hall–Kier alpha value is -2.16. The first-order chi connectivity index (χ1) is 15.7.